The highest BCUT2D eigenvalue weighted by Crippen LogP contribution is 2.26. The van der Waals surface area contributed by atoms with Gasteiger partial charge >= 0.3 is 0 Å². The lowest BCUT2D eigenvalue weighted by Crippen LogP contribution is -2.23. The van der Waals surface area contributed by atoms with Gasteiger partial charge in [0, 0.05) is 12.1 Å². The third-order valence-corrected chi connectivity index (χ3v) is 3.20. The van der Waals surface area contributed by atoms with Crippen LogP contribution < -0.4 is 11.1 Å². The summed E-state index contributed by atoms with van der Waals surface area (Å²) in [4.78, 5) is 0. The van der Waals surface area contributed by atoms with Crippen LogP contribution in [0.1, 0.15) is 37.9 Å². The van der Waals surface area contributed by atoms with Gasteiger partial charge in [0.25, 0.3) is 0 Å². The predicted octanol–water partition coefficient (Wildman–Crippen LogP) is 1.92. The van der Waals surface area contributed by atoms with Gasteiger partial charge in [-0.25, -0.2) is 0 Å². The van der Waals surface area contributed by atoms with E-state index in [9.17, 15) is 0 Å². The van der Waals surface area contributed by atoms with Crippen molar-refractivity contribution in [3.63, 3.8) is 0 Å². The first-order chi connectivity index (χ1) is 8.09. The molecule has 2 rings (SSSR count). The second-order valence-corrected chi connectivity index (χ2v) is 5.42. The van der Waals surface area contributed by atoms with Crippen molar-refractivity contribution in [3.05, 3.63) is 11.3 Å². The smallest absolute Gasteiger partial charge is 0.193 e. The van der Waals surface area contributed by atoms with E-state index >= 15 is 0 Å². The Labute approximate surface area is 108 Å². The van der Waals surface area contributed by atoms with Crippen LogP contribution in [0.5, 0.6) is 0 Å². The number of anilines is 1. The Morgan fingerprint density at radius 1 is 1.53 bits per heavy atom. The Morgan fingerprint density at radius 2 is 2.29 bits per heavy atom. The monoisotopic (exact) mass is 252 g/mol. The largest absolute Gasteiger partial charge is 0.374 e. The minimum absolute atomic E-state index is 0.325. The third kappa shape index (κ3) is 2.60. The van der Waals surface area contributed by atoms with E-state index in [1.807, 2.05) is 0 Å². The molecule has 1 aromatic rings. The molecule has 1 aromatic heterocycles. The molecule has 0 radical (unpaired) electrons. The van der Waals surface area contributed by atoms with Gasteiger partial charge in [-0.05, 0) is 43.8 Å². The zero-order chi connectivity index (χ0) is 12.4. The number of hydrogen-bond acceptors (Lipinski definition) is 3. The predicted molar refractivity (Wildman–Crippen MR) is 74.4 cm³/mol. The topological polar surface area (TPSA) is 55.9 Å². The fourth-order valence-corrected chi connectivity index (χ4v) is 2.42. The van der Waals surface area contributed by atoms with Gasteiger partial charge in [0.05, 0.1) is 5.69 Å². The first-order valence-electron chi connectivity index (χ1n) is 6.24. The van der Waals surface area contributed by atoms with Crippen molar-refractivity contribution in [2.24, 2.45) is 11.7 Å². The number of nitrogens with zero attached hydrogens (tertiary/aromatic N) is 2. The maximum Gasteiger partial charge on any atom is 0.193 e. The lowest BCUT2D eigenvalue weighted by molar-refractivity contribution is 0.623. The first-order valence-corrected chi connectivity index (χ1v) is 6.65. The SMILES string of the molecule is CC(C)Cc1nn(C(N)=S)c2c1CCCCN2. The molecule has 0 saturated carbocycles. The van der Waals surface area contributed by atoms with Crippen molar-refractivity contribution in [3.8, 4) is 0 Å². The van der Waals surface area contributed by atoms with Crippen LogP contribution >= 0.6 is 12.2 Å². The van der Waals surface area contributed by atoms with Crippen molar-refractivity contribution in [1.29, 1.82) is 0 Å². The number of hydrogen-bond donors (Lipinski definition) is 2. The van der Waals surface area contributed by atoms with Crippen LogP contribution in [0.4, 0.5) is 5.82 Å². The summed E-state index contributed by atoms with van der Waals surface area (Å²) >= 11 is 5.06. The van der Waals surface area contributed by atoms with E-state index in [1.165, 1.54) is 18.4 Å². The van der Waals surface area contributed by atoms with Crippen LogP contribution in [0, 0.1) is 5.92 Å². The zero-order valence-corrected chi connectivity index (χ0v) is 11.3. The Bertz CT molecular complexity index is 422. The fourth-order valence-electron chi connectivity index (χ4n) is 2.28. The maximum absolute atomic E-state index is 5.72. The van der Waals surface area contributed by atoms with Gasteiger partial charge in [0.1, 0.15) is 5.82 Å². The van der Waals surface area contributed by atoms with E-state index in [-0.39, 0.29) is 0 Å². The highest BCUT2D eigenvalue weighted by molar-refractivity contribution is 7.80. The quantitative estimate of drug-likeness (QED) is 0.790. The van der Waals surface area contributed by atoms with Gasteiger partial charge in [-0.3, -0.25) is 0 Å². The van der Waals surface area contributed by atoms with Gasteiger partial charge < -0.3 is 11.1 Å². The minimum Gasteiger partial charge on any atom is -0.374 e. The van der Waals surface area contributed by atoms with E-state index in [0.717, 1.165) is 30.9 Å². The number of fused-ring (bicyclic) bond motifs is 1. The van der Waals surface area contributed by atoms with Crippen LogP contribution in [0.3, 0.4) is 0 Å². The average Bonchev–Trinajstić information content (AvgIpc) is 2.46. The van der Waals surface area contributed by atoms with E-state index < -0.39 is 0 Å². The maximum atomic E-state index is 5.72. The molecule has 0 amide bonds. The van der Waals surface area contributed by atoms with Gasteiger partial charge in [-0.15, -0.1) is 0 Å². The highest BCUT2D eigenvalue weighted by Gasteiger charge is 2.20. The molecule has 0 bridgehead atoms. The molecule has 0 aliphatic carbocycles. The van der Waals surface area contributed by atoms with E-state index in [1.54, 1.807) is 4.68 Å². The van der Waals surface area contributed by atoms with Gasteiger partial charge in [-0.2, -0.15) is 9.78 Å². The summed E-state index contributed by atoms with van der Waals surface area (Å²) in [6.45, 7) is 5.38. The number of thiocarbonyl (C=S) groups is 1. The van der Waals surface area contributed by atoms with Crippen LogP contribution in [-0.2, 0) is 12.8 Å². The number of rotatable bonds is 2. The second-order valence-electron chi connectivity index (χ2n) is 5.01. The van der Waals surface area contributed by atoms with Crippen molar-refractivity contribution < 1.29 is 0 Å². The molecule has 2 heterocycles. The molecule has 0 spiro atoms. The normalized spacial score (nSPS) is 15.2. The summed E-state index contributed by atoms with van der Waals surface area (Å²) in [5.74, 6) is 1.61. The van der Waals surface area contributed by atoms with E-state index in [0.29, 0.717) is 11.0 Å². The second kappa shape index (κ2) is 5.04. The molecule has 0 unspecified atom stereocenters. The molecule has 0 saturated heterocycles. The van der Waals surface area contributed by atoms with Crippen molar-refractivity contribution in [1.82, 2.24) is 9.78 Å². The Kier molecular flexibility index (Phi) is 3.66. The highest BCUT2D eigenvalue weighted by atomic mass is 32.1. The molecule has 1 aliphatic heterocycles. The minimum atomic E-state index is 0.325. The van der Waals surface area contributed by atoms with Crippen molar-refractivity contribution in [2.45, 2.75) is 39.5 Å². The van der Waals surface area contributed by atoms with E-state index in [2.05, 4.69) is 24.3 Å². The molecule has 94 valence electrons. The lowest BCUT2D eigenvalue weighted by atomic mass is 10.0. The molecule has 3 N–H and O–H groups in total. The van der Waals surface area contributed by atoms with Crippen LogP contribution in [0.15, 0.2) is 0 Å². The van der Waals surface area contributed by atoms with Crippen molar-refractivity contribution >= 4 is 23.1 Å². The lowest BCUT2D eigenvalue weighted by Gasteiger charge is -2.06. The Balaban J connectivity index is 2.42. The standard InChI is InChI=1S/C12H20N4S/c1-8(2)7-10-9-5-3-4-6-14-11(9)16(15-10)12(13)17/h8,14H,3-7H2,1-2H3,(H2,13,17). The Morgan fingerprint density at radius 3 is 2.94 bits per heavy atom. The average molecular weight is 252 g/mol. The van der Waals surface area contributed by atoms with Gasteiger partial charge in [-0.1, -0.05) is 13.8 Å². The number of nitrogens with one attached hydrogen (secondary N) is 1. The summed E-state index contributed by atoms with van der Waals surface area (Å²) in [5, 5.41) is 8.29. The van der Waals surface area contributed by atoms with Crippen LogP contribution in [0.25, 0.3) is 0 Å². The zero-order valence-electron chi connectivity index (χ0n) is 10.5. The molecule has 1 aliphatic rings. The molecule has 0 fully saturated rings. The number of nitrogens with two attached hydrogens (primary N) is 1. The Hall–Kier alpha value is -1.10. The van der Waals surface area contributed by atoms with Gasteiger partial charge in [0.15, 0.2) is 5.11 Å². The third-order valence-electron chi connectivity index (χ3n) is 3.02. The molecule has 17 heavy (non-hydrogen) atoms. The molecule has 5 heteroatoms. The van der Waals surface area contributed by atoms with Crippen LogP contribution in [0.2, 0.25) is 0 Å². The molecular formula is C12H20N4S. The summed E-state index contributed by atoms with van der Waals surface area (Å²) < 4.78 is 1.69. The van der Waals surface area contributed by atoms with Gasteiger partial charge in [0.2, 0.25) is 0 Å². The molecule has 4 nitrogen and oxygen atoms in total. The summed E-state index contributed by atoms with van der Waals surface area (Å²) in [7, 11) is 0. The molecule has 0 aromatic carbocycles. The van der Waals surface area contributed by atoms with E-state index in [4.69, 9.17) is 18.0 Å². The molecular weight excluding hydrogens is 232 g/mol. The molecule has 0 atom stereocenters. The summed E-state index contributed by atoms with van der Waals surface area (Å²) in [6.07, 6.45) is 4.45. The van der Waals surface area contributed by atoms with Crippen LogP contribution in [-0.4, -0.2) is 21.4 Å². The van der Waals surface area contributed by atoms with Crippen molar-refractivity contribution in [2.75, 3.05) is 11.9 Å². The summed E-state index contributed by atoms with van der Waals surface area (Å²) in [6, 6.07) is 0. The fraction of sp³-hybridized carbons (Fsp3) is 0.667. The number of aromatic nitrogens is 2. The summed E-state index contributed by atoms with van der Waals surface area (Å²) in [5.41, 5.74) is 8.18. The first kappa shape index (κ1) is 12.4.